The molecule has 0 bridgehead atoms. The lowest BCUT2D eigenvalue weighted by molar-refractivity contribution is -0.113. The lowest BCUT2D eigenvalue weighted by Gasteiger charge is -2.29. The molecular formula is C25H18ClF2NO3S. The van der Waals surface area contributed by atoms with E-state index in [4.69, 9.17) is 11.6 Å². The minimum Gasteiger partial charge on any atom is -0.289 e. The number of rotatable bonds is 4. The Balaban J connectivity index is 1.77. The quantitative estimate of drug-likeness (QED) is 0.467. The van der Waals surface area contributed by atoms with Crippen molar-refractivity contribution in [1.82, 2.24) is 4.31 Å². The molecular weight excluding hydrogens is 468 g/mol. The topological polar surface area (TPSA) is 54.5 Å². The highest BCUT2D eigenvalue weighted by atomic mass is 35.5. The third-order valence-electron chi connectivity index (χ3n) is 5.15. The van der Waals surface area contributed by atoms with E-state index in [1.54, 1.807) is 12.2 Å². The van der Waals surface area contributed by atoms with E-state index in [1.165, 1.54) is 77.1 Å². The first kappa shape index (κ1) is 23.0. The summed E-state index contributed by atoms with van der Waals surface area (Å²) in [5, 5.41) is 0.400. The van der Waals surface area contributed by atoms with Crippen LogP contribution in [0.5, 0.6) is 0 Å². The predicted molar refractivity (Wildman–Crippen MR) is 124 cm³/mol. The predicted octanol–water partition coefficient (Wildman–Crippen LogP) is 5.36. The zero-order valence-electron chi connectivity index (χ0n) is 17.2. The van der Waals surface area contributed by atoms with Gasteiger partial charge in [0.15, 0.2) is 5.78 Å². The summed E-state index contributed by atoms with van der Waals surface area (Å²) < 4.78 is 54.4. The Hall–Kier alpha value is -3.13. The van der Waals surface area contributed by atoms with Gasteiger partial charge in [-0.05, 0) is 71.8 Å². The van der Waals surface area contributed by atoms with Crippen molar-refractivity contribution in [1.29, 1.82) is 0 Å². The smallest absolute Gasteiger partial charge is 0.243 e. The summed E-state index contributed by atoms with van der Waals surface area (Å²) in [6, 6.07) is 16.8. The minimum absolute atomic E-state index is 0.0449. The van der Waals surface area contributed by atoms with Crippen molar-refractivity contribution in [3.05, 3.63) is 112 Å². The van der Waals surface area contributed by atoms with E-state index in [9.17, 15) is 22.0 Å². The molecule has 33 heavy (non-hydrogen) atoms. The Morgan fingerprint density at radius 2 is 1.15 bits per heavy atom. The molecule has 0 aromatic heterocycles. The fourth-order valence-electron chi connectivity index (χ4n) is 3.45. The summed E-state index contributed by atoms with van der Waals surface area (Å²) in [5.74, 6) is -1.17. The van der Waals surface area contributed by atoms with Gasteiger partial charge in [-0.3, -0.25) is 4.79 Å². The van der Waals surface area contributed by atoms with Crippen molar-refractivity contribution >= 4 is 39.6 Å². The molecule has 1 aliphatic heterocycles. The van der Waals surface area contributed by atoms with E-state index >= 15 is 0 Å². The molecule has 0 saturated carbocycles. The van der Waals surface area contributed by atoms with Gasteiger partial charge in [-0.25, -0.2) is 17.2 Å². The minimum atomic E-state index is -3.95. The maximum Gasteiger partial charge on any atom is 0.243 e. The van der Waals surface area contributed by atoms with Crippen LogP contribution in [0.2, 0.25) is 5.02 Å². The Kier molecular flexibility index (Phi) is 6.56. The third kappa shape index (κ3) is 5.27. The van der Waals surface area contributed by atoms with Crippen LogP contribution in [0.4, 0.5) is 8.78 Å². The average Bonchev–Trinajstić information content (AvgIpc) is 2.79. The first-order valence-electron chi connectivity index (χ1n) is 9.95. The molecule has 0 unspecified atom stereocenters. The Labute approximate surface area is 195 Å². The number of Topliss-reactive ketones (excluding diaryl/α,β-unsaturated/α-hetero) is 1. The normalized spacial score (nSPS) is 17.6. The SMILES string of the molecule is O=C1/C(=C/c2ccc(F)cc2)CN(S(=O)(=O)c2ccc(Cl)cc2)C/C1=C\c1ccc(F)cc1. The monoisotopic (exact) mass is 485 g/mol. The maximum atomic E-state index is 13.3. The lowest BCUT2D eigenvalue weighted by Crippen LogP contribution is -2.41. The van der Waals surface area contributed by atoms with Gasteiger partial charge in [0.1, 0.15) is 11.6 Å². The van der Waals surface area contributed by atoms with E-state index in [1.807, 2.05) is 0 Å². The molecule has 4 rings (SSSR count). The van der Waals surface area contributed by atoms with Gasteiger partial charge in [0.05, 0.1) is 4.90 Å². The highest BCUT2D eigenvalue weighted by Gasteiger charge is 2.34. The summed E-state index contributed by atoms with van der Waals surface area (Å²) in [5.41, 5.74) is 1.59. The van der Waals surface area contributed by atoms with Crippen LogP contribution in [0.1, 0.15) is 11.1 Å². The van der Waals surface area contributed by atoms with Crippen molar-refractivity contribution < 1.29 is 22.0 Å². The van der Waals surface area contributed by atoms with Crippen LogP contribution in [-0.4, -0.2) is 31.6 Å². The van der Waals surface area contributed by atoms with Gasteiger partial charge in [0.2, 0.25) is 10.0 Å². The number of ketones is 1. The summed E-state index contributed by atoms with van der Waals surface area (Å²) in [6.07, 6.45) is 3.09. The van der Waals surface area contributed by atoms with Crippen molar-refractivity contribution in [2.45, 2.75) is 4.90 Å². The molecule has 168 valence electrons. The number of benzene rings is 3. The molecule has 0 spiro atoms. The van der Waals surface area contributed by atoms with Gasteiger partial charge in [-0.1, -0.05) is 35.9 Å². The second kappa shape index (κ2) is 9.39. The number of halogens is 3. The number of sulfonamides is 1. The van der Waals surface area contributed by atoms with Gasteiger partial charge in [0, 0.05) is 29.3 Å². The van der Waals surface area contributed by atoms with Gasteiger partial charge >= 0.3 is 0 Å². The Morgan fingerprint density at radius 1 is 0.727 bits per heavy atom. The van der Waals surface area contributed by atoms with Gasteiger partial charge < -0.3 is 0 Å². The zero-order chi connectivity index (χ0) is 23.6. The van der Waals surface area contributed by atoms with Crippen LogP contribution in [-0.2, 0) is 14.8 Å². The average molecular weight is 486 g/mol. The lowest BCUT2D eigenvalue weighted by atomic mass is 9.95. The molecule has 0 N–H and O–H groups in total. The molecule has 3 aromatic rings. The molecule has 0 amide bonds. The molecule has 0 aliphatic carbocycles. The standard InChI is InChI=1S/C25H18ClF2NO3S/c26-21-5-11-24(12-6-21)33(31,32)29-15-19(13-17-1-7-22(27)8-2-17)25(30)20(16-29)14-18-3-9-23(28)10-4-18/h1-14H,15-16H2/b19-13+,20-14+. The largest absolute Gasteiger partial charge is 0.289 e. The van der Waals surface area contributed by atoms with Crippen LogP contribution in [0.15, 0.2) is 88.8 Å². The number of nitrogens with zero attached hydrogens (tertiary/aromatic N) is 1. The summed E-state index contributed by atoms with van der Waals surface area (Å²) in [4.78, 5) is 13.2. The molecule has 3 aromatic carbocycles. The molecule has 1 fully saturated rings. The zero-order valence-corrected chi connectivity index (χ0v) is 18.8. The molecule has 0 radical (unpaired) electrons. The second-order valence-corrected chi connectivity index (χ2v) is 9.87. The number of piperidine rings is 1. The fourth-order valence-corrected chi connectivity index (χ4v) is 4.98. The summed E-state index contributed by atoms with van der Waals surface area (Å²) in [7, 11) is -3.95. The molecule has 8 heteroatoms. The van der Waals surface area contributed by atoms with Crippen molar-refractivity contribution in [2.75, 3.05) is 13.1 Å². The van der Waals surface area contributed by atoms with Crippen molar-refractivity contribution in [3.8, 4) is 0 Å². The van der Waals surface area contributed by atoms with E-state index in [2.05, 4.69) is 0 Å². The number of hydrogen-bond donors (Lipinski definition) is 0. The van der Waals surface area contributed by atoms with Gasteiger partial charge in [-0.15, -0.1) is 0 Å². The highest BCUT2D eigenvalue weighted by molar-refractivity contribution is 7.89. The van der Waals surface area contributed by atoms with Gasteiger partial charge in [0.25, 0.3) is 0 Å². The summed E-state index contributed by atoms with van der Waals surface area (Å²) in [6.45, 7) is -0.302. The van der Waals surface area contributed by atoms with Crippen molar-refractivity contribution in [2.24, 2.45) is 0 Å². The maximum absolute atomic E-state index is 13.3. The Morgan fingerprint density at radius 3 is 1.58 bits per heavy atom. The van der Waals surface area contributed by atoms with E-state index in [0.29, 0.717) is 16.1 Å². The fraction of sp³-hybridized carbons (Fsp3) is 0.0800. The molecule has 1 aliphatic rings. The molecule has 0 atom stereocenters. The first-order chi connectivity index (χ1) is 15.7. The van der Waals surface area contributed by atoms with Crippen LogP contribution in [0.25, 0.3) is 12.2 Å². The number of hydrogen-bond acceptors (Lipinski definition) is 3. The van der Waals surface area contributed by atoms with Crippen molar-refractivity contribution in [3.63, 3.8) is 0 Å². The number of carbonyl (C=O) groups excluding carboxylic acids is 1. The number of carbonyl (C=O) groups is 1. The van der Waals surface area contributed by atoms with Gasteiger partial charge in [-0.2, -0.15) is 4.31 Å². The van der Waals surface area contributed by atoms with E-state index in [0.717, 1.165) is 0 Å². The Bertz CT molecular complexity index is 1280. The van der Waals surface area contributed by atoms with E-state index < -0.39 is 21.7 Å². The van der Waals surface area contributed by atoms with Crippen LogP contribution in [0, 0.1) is 11.6 Å². The third-order valence-corrected chi connectivity index (χ3v) is 7.21. The summed E-state index contributed by atoms with van der Waals surface area (Å²) >= 11 is 5.89. The van der Waals surface area contributed by atoms with Crippen LogP contribution < -0.4 is 0 Å². The second-order valence-electron chi connectivity index (χ2n) is 7.50. The first-order valence-corrected chi connectivity index (χ1v) is 11.8. The molecule has 4 nitrogen and oxygen atoms in total. The van der Waals surface area contributed by atoms with Crippen LogP contribution >= 0.6 is 11.6 Å². The van der Waals surface area contributed by atoms with Crippen LogP contribution in [0.3, 0.4) is 0 Å². The highest BCUT2D eigenvalue weighted by Crippen LogP contribution is 2.27. The molecule has 1 heterocycles. The van der Waals surface area contributed by atoms with E-state index in [-0.39, 0.29) is 34.9 Å². The molecule has 1 saturated heterocycles.